The molecule has 0 aliphatic carbocycles. The maximum absolute atomic E-state index is 10.8. The van der Waals surface area contributed by atoms with Crippen LogP contribution in [0, 0.1) is 25.2 Å². The molecule has 2 aromatic rings. The van der Waals surface area contributed by atoms with Crippen LogP contribution in [0.1, 0.15) is 16.7 Å². The van der Waals surface area contributed by atoms with E-state index in [1.54, 1.807) is 6.07 Å². The molecule has 0 saturated heterocycles. The molecule has 0 saturated carbocycles. The van der Waals surface area contributed by atoms with Crippen molar-refractivity contribution in [2.45, 2.75) is 18.9 Å². The third kappa shape index (κ3) is 2.85. The molecule has 4 nitrogen and oxygen atoms in total. The Morgan fingerprint density at radius 1 is 1.37 bits per heavy atom. The number of pyridine rings is 1. The van der Waals surface area contributed by atoms with E-state index in [-0.39, 0.29) is 5.75 Å². The van der Waals surface area contributed by atoms with Crippen molar-refractivity contribution < 1.29 is 4.79 Å². The van der Waals surface area contributed by atoms with E-state index >= 15 is 0 Å². The first-order valence-electron chi connectivity index (χ1n) is 5.74. The molecular formula is C14H13N3OS. The van der Waals surface area contributed by atoms with Crippen LogP contribution in [-0.2, 0) is 4.79 Å². The predicted octanol–water partition coefficient (Wildman–Crippen LogP) is 2.30. The van der Waals surface area contributed by atoms with Crippen LogP contribution in [0.4, 0.5) is 0 Å². The van der Waals surface area contributed by atoms with Gasteiger partial charge in [-0.15, -0.1) is 0 Å². The second-order valence-electron chi connectivity index (χ2n) is 4.34. The number of rotatable bonds is 3. The van der Waals surface area contributed by atoms with Gasteiger partial charge in [-0.3, -0.25) is 4.79 Å². The highest BCUT2D eigenvalue weighted by atomic mass is 32.2. The lowest BCUT2D eigenvalue weighted by molar-refractivity contribution is -0.115. The molecular weight excluding hydrogens is 258 g/mol. The summed E-state index contributed by atoms with van der Waals surface area (Å²) in [6, 6.07) is 7.91. The highest BCUT2D eigenvalue weighted by molar-refractivity contribution is 8.00. The molecule has 2 N–H and O–H groups in total. The molecule has 1 aromatic heterocycles. The van der Waals surface area contributed by atoms with Gasteiger partial charge in [-0.2, -0.15) is 5.26 Å². The smallest absolute Gasteiger partial charge is 0.227 e. The van der Waals surface area contributed by atoms with E-state index in [0.717, 1.165) is 22.0 Å². The summed E-state index contributed by atoms with van der Waals surface area (Å²) >= 11 is 1.20. The molecule has 96 valence electrons. The van der Waals surface area contributed by atoms with Crippen molar-refractivity contribution in [1.29, 1.82) is 5.26 Å². The summed E-state index contributed by atoms with van der Waals surface area (Å²) in [4.78, 5) is 15.3. The summed E-state index contributed by atoms with van der Waals surface area (Å²) in [5.74, 6) is -0.297. The second-order valence-corrected chi connectivity index (χ2v) is 5.30. The number of benzene rings is 1. The summed E-state index contributed by atoms with van der Waals surface area (Å²) < 4.78 is 0. The number of primary amides is 1. The lowest BCUT2D eigenvalue weighted by Crippen LogP contribution is -2.13. The Hall–Kier alpha value is -2.06. The Morgan fingerprint density at radius 3 is 2.68 bits per heavy atom. The fraction of sp³-hybridized carbons (Fsp3) is 0.214. The molecule has 0 aliphatic heterocycles. The Balaban J connectivity index is 2.55. The molecule has 1 aromatic carbocycles. The van der Waals surface area contributed by atoms with Crippen LogP contribution in [0.5, 0.6) is 0 Å². The minimum Gasteiger partial charge on any atom is -0.369 e. The molecule has 1 amide bonds. The van der Waals surface area contributed by atoms with Crippen molar-refractivity contribution in [2.24, 2.45) is 5.73 Å². The predicted molar refractivity (Wildman–Crippen MR) is 75.9 cm³/mol. The van der Waals surface area contributed by atoms with Gasteiger partial charge in [-0.25, -0.2) is 4.98 Å². The quantitative estimate of drug-likeness (QED) is 0.869. The topological polar surface area (TPSA) is 79.8 Å². The van der Waals surface area contributed by atoms with Gasteiger partial charge in [0, 0.05) is 5.39 Å². The van der Waals surface area contributed by atoms with Gasteiger partial charge in [-0.1, -0.05) is 11.8 Å². The molecule has 0 fully saturated rings. The number of nitriles is 1. The van der Waals surface area contributed by atoms with Gasteiger partial charge >= 0.3 is 0 Å². The van der Waals surface area contributed by atoms with Crippen LogP contribution < -0.4 is 5.73 Å². The minimum absolute atomic E-state index is 0.123. The lowest BCUT2D eigenvalue weighted by Gasteiger charge is -2.07. The molecule has 5 heteroatoms. The van der Waals surface area contributed by atoms with E-state index in [1.807, 2.05) is 26.0 Å². The lowest BCUT2D eigenvalue weighted by atomic mass is 10.1. The summed E-state index contributed by atoms with van der Waals surface area (Å²) in [7, 11) is 0. The fourth-order valence-corrected chi connectivity index (χ4v) is 2.45. The van der Waals surface area contributed by atoms with Crippen LogP contribution in [-0.4, -0.2) is 16.6 Å². The van der Waals surface area contributed by atoms with Gasteiger partial charge < -0.3 is 5.73 Å². The first kappa shape index (κ1) is 13.4. The summed E-state index contributed by atoms with van der Waals surface area (Å²) in [5.41, 5.74) is 8.73. The number of amides is 1. The van der Waals surface area contributed by atoms with E-state index in [9.17, 15) is 4.79 Å². The molecule has 0 atom stereocenters. The highest BCUT2D eigenvalue weighted by Crippen LogP contribution is 2.26. The SMILES string of the molecule is Cc1cc2cc(C#N)c(SCC(N)=O)nc2cc1C. The van der Waals surface area contributed by atoms with Gasteiger partial charge in [0.1, 0.15) is 11.1 Å². The summed E-state index contributed by atoms with van der Waals surface area (Å²) in [5, 5.41) is 10.6. The second kappa shape index (κ2) is 5.29. The van der Waals surface area contributed by atoms with E-state index in [0.29, 0.717) is 10.6 Å². The number of thioether (sulfide) groups is 1. The van der Waals surface area contributed by atoms with Crippen molar-refractivity contribution in [3.8, 4) is 6.07 Å². The maximum atomic E-state index is 10.8. The molecule has 0 radical (unpaired) electrons. The Bertz CT molecular complexity index is 704. The molecule has 2 rings (SSSR count). The Labute approximate surface area is 115 Å². The zero-order valence-electron chi connectivity index (χ0n) is 10.7. The van der Waals surface area contributed by atoms with Crippen molar-refractivity contribution in [1.82, 2.24) is 4.98 Å². The van der Waals surface area contributed by atoms with Crippen molar-refractivity contribution in [3.63, 3.8) is 0 Å². The first-order chi connectivity index (χ1) is 9.01. The molecule has 0 aliphatic rings. The summed E-state index contributed by atoms with van der Waals surface area (Å²) in [6.07, 6.45) is 0. The third-order valence-corrected chi connectivity index (χ3v) is 3.88. The number of hydrogen-bond acceptors (Lipinski definition) is 4. The molecule has 1 heterocycles. The monoisotopic (exact) mass is 271 g/mol. The number of fused-ring (bicyclic) bond motifs is 1. The first-order valence-corrected chi connectivity index (χ1v) is 6.73. The van der Waals surface area contributed by atoms with Crippen molar-refractivity contribution in [3.05, 3.63) is 34.9 Å². The van der Waals surface area contributed by atoms with E-state index < -0.39 is 5.91 Å². The molecule has 19 heavy (non-hydrogen) atoms. The van der Waals surface area contributed by atoms with E-state index in [4.69, 9.17) is 11.0 Å². The number of aryl methyl sites for hydroxylation is 2. The van der Waals surface area contributed by atoms with Gasteiger partial charge in [0.25, 0.3) is 0 Å². The van der Waals surface area contributed by atoms with E-state index in [2.05, 4.69) is 11.1 Å². The highest BCUT2D eigenvalue weighted by Gasteiger charge is 2.09. The largest absolute Gasteiger partial charge is 0.369 e. The van der Waals surface area contributed by atoms with Crippen LogP contribution >= 0.6 is 11.8 Å². The van der Waals surface area contributed by atoms with Gasteiger partial charge in [-0.05, 0) is 43.2 Å². The van der Waals surface area contributed by atoms with Crippen molar-refractivity contribution in [2.75, 3.05) is 5.75 Å². The number of carbonyl (C=O) groups excluding carboxylic acids is 1. The van der Waals surface area contributed by atoms with Gasteiger partial charge in [0.05, 0.1) is 16.8 Å². The number of carbonyl (C=O) groups is 1. The minimum atomic E-state index is -0.420. The van der Waals surface area contributed by atoms with Crippen LogP contribution in [0.15, 0.2) is 23.2 Å². The molecule has 0 unspecified atom stereocenters. The fourth-order valence-electron chi connectivity index (χ4n) is 1.75. The van der Waals surface area contributed by atoms with Crippen molar-refractivity contribution >= 4 is 28.6 Å². The number of nitrogens with zero attached hydrogens (tertiary/aromatic N) is 2. The van der Waals surface area contributed by atoms with Gasteiger partial charge in [0.15, 0.2) is 0 Å². The zero-order chi connectivity index (χ0) is 14.0. The average molecular weight is 271 g/mol. The Kier molecular flexibility index (Phi) is 3.72. The average Bonchev–Trinajstić information content (AvgIpc) is 2.37. The standard InChI is InChI=1S/C14H13N3OS/c1-8-3-10-5-11(6-15)14(19-7-13(16)18)17-12(10)4-9(8)2/h3-5H,7H2,1-2H3,(H2,16,18). The number of aromatic nitrogens is 1. The molecule has 0 spiro atoms. The maximum Gasteiger partial charge on any atom is 0.227 e. The summed E-state index contributed by atoms with van der Waals surface area (Å²) in [6.45, 7) is 4.04. The van der Waals surface area contributed by atoms with Crippen LogP contribution in [0.2, 0.25) is 0 Å². The van der Waals surface area contributed by atoms with Gasteiger partial charge in [0.2, 0.25) is 5.91 Å². The normalized spacial score (nSPS) is 10.4. The number of hydrogen-bond donors (Lipinski definition) is 1. The third-order valence-electron chi connectivity index (χ3n) is 2.87. The zero-order valence-corrected chi connectivity index (χ0v) is 11.5. The van der Waals surface area contributed by atoms with Crippen LogP contribution in [0.3, 0.4) is 0 Å². The molecule has 0 bridgehead atoms. The van der Waals surface area contributed by atoms with Crippen LogP contribution in [0.25, 0.3) is 10.9 Å². The Morgan fingerprint density at radius 2 is 2.05 bits per heavy atom. The van der Waals surface area contributed by atoms with E-state index in [1.165, 1.54) is 11.8 Å². The number of nitrogens with two attached hydrogens (primary N) is 1.